The Bertz CT molecular complexity index is 2460. The van der Waals surface area contributed by atoms with Crippen molar-refractivity contribution in [3.63, 3.8) is 0 Å². The summed E-state index contributed by atoms with van der Waals surface area (Å²) < 4.78 is 0. The van der Waals surface area contributed by atoms with E-state index in [1.165, 1.54) is 70.4 Å². The SMILES string of the molecule is c1ccc2c(c1)ccc1c2c(-c2c3ccccc3c(-c3ccncc3)c3ccccc23)nc2ccc3ccccc3c21. The summed E-state index contributed by atoms with van der Waals surface area (Å²) >= 11 is 0. The van der Waals surface area contributed by atoms with Gasteiger partial charge in [0.1, 0.15) is 0 Å². The van der Waals surface area contributed by atoms with E-state index in [2.05, 4.69) is 138 Å². The van der Waals surface area contributed by atoms with E-state index in [9.17, 15) is 0 Å². The van der Waals surface area contributed by atoms with Crippen molar-refractivity contribution in [2.24, 2.45) is 0 Å². The molecule has 0 aliphatic heterocycles. The molecule has 7 aromatic carbocycles. The smallest absolute Gasteiger partial charge is 0.0806 e. The van der Waals surface area contributed by atoms with Gasteiger partial charge in [-0.05, 0) is 77.8 Å². The molecule has 0 radical (unpaired) electrons. The van der Waals surface area contributed by atoms with Crippen molar-refractivity contribution >= 4 is 64.8 Å². The van der Waals surface area contributed by atoms with Crippen LogP contribution >= 0.6 is 0 Å². The minimum Gasteiger partial charge on any atom is -0.265 e. The van der Waals surface area contributed by atoms with E-state index in [1.807, 2.05) is 12.4 Å². The van der Waals surface area contributed by atoms with Crippen molar-refractivity contribution in [2.45, 2.75) is 0 Å². The first-order chi connectivity index (χ1) is 20.9. The quantitative estimate of drug-likeness (QED) is 0.163. The van der Waals surface area contributed by atoms with E-state index >= 15 is 0 Å². The van der Waals surface area contributed by atoms with Gasteiger partial charge in [0.05, 0.1) is 11.2 Å². The highest BCUT2D eigenvalue weighted by Gasteiger charge is 2.21. The van der Waals surface area contributed by atoms with E-state index in [0.717, 1.165) is 16.8 Å². The summed E-state index contributed by atoms with van der Waals surface area (Å²) in [6, 6.07) is 48.1. The molecule has 9 aromatic rings. The average molecular weight is 533 g/mol. The monoisotopic (exact) mass is 532 g/mol. The molecule has 0 saturated carbocycles. The minimum absolute atomic E-state index is 1.01. The molecule has 0 unspecified atom stereocenters. The fraction of sp³-hybridized carbons (Fsp3) is 0. The Kier molecular flexibility index (Phi) is 4.93. The second kappa shape index (κ2) is 8.95. The van der Waals surface area contributed by atoms with Crippen molar-refractivity contribution < 1.29 is 0 Å². The molecule has 0 saturated heterocycles. The van der Waals surface area contributed by atoms with Crippen molar-refractivity contribution in [1.29, 1.82) is 0 Å². The van der Waals surface area contributed by atoms with E-state index in [4.69, 9.17) is 4.98 Å². The molecule has 194 valence electrons. The van der Waals surface area contributed by atoms with Crippen LogP contribution in [0.25, 0.3) is 87.1 Å². The molecule has 2 aromatic heterocycles. The number of rotatable bonds is 2. The molecule has 0 spiro atoms. The lowest BCUT2D eigenvalue weighted by molar-refractivity contribution is 1.33. The molecule has 0 amide bonds. The molecule has 0 aliphatic carbocycles. The third-order valence-corrected chi connectivity index (χ3v) is 8.71. The van der Waals surface area contributed by atoms with Crippen LogP contribution in [0.15, 0.2) is 146 Å². The maximum absolute atomic E-state index is 5.57. The first kappa shape index (κ1) is 23.1. The molecule has 0 N–H and O–H groups in total. The van der Waals surface area contributed by atoms with Gasteiger partial charge in [0.25, 0.3) is 0 Å². The first-order valence-electron chi connectivity index (χ1n) is 14.3. The highest BCUT2D eigenvalue weighted by atomic mass is 14.7. The summed E-state index contributed by atoms with van der Waals surface area (Å²) in [6.07, 6.45) is 3.75. The van der Waals surface area contributed by atoms with E-state index in [0.29, 0.717) is 0 Å². The molecule has 0 fully saturated rings. The number of fused-ring (bicyclic) bond motifs is 9. The fourth-order valence-electron chi connectivity index (χ4n) is 6.94. The van der Waals surface area contributed by atoms with Crippen LogP contribution in [-0.4, -0.2) is 9.97 Å². The Morgan fingerprint density at radius 3 is 1.48 bits per heavy atom. The lowest BCUT2D eigenvalue weighted by Gasteiger charge is -2.20. The number of hydrogen-bond donors (Lipinski definition) is 0. The Hall–Kier alpha value is -5.60. The van der Waals surface area contributed by atoms with Gasteiger partial charge in [-0.3, -0.25) is 4.98 Å². The molecule has 0 aliphatic rings. The van der Waals surface area contributed by atoms with Crippen LogP contribution in [0.1, 0.15) is 0 Å². The van der Waals surface area contributed by atoms with Gasteiger partial charge in [0, 0.05) is 28.7 Å². The number of hydrogen-bond acceptors (Lipinski definition) is 2. The summed E-state index contributed by atoms with van der Waals surface area (Å²) in [5.74, 6) is 0. The maximum atomic E-state index is 5.57. The summed E-state index contributed by atoms with van der Waals surface area (Å²) in [5, 5.41) is 13.4. The zero-order valence-electron chi connectivity index (χ0n) is 22.8. The summed E-state index contributed by atoms with van der Waals surface area (Å²) in [6.45, 7) is 0. The van der Waals surface area contributed by atoms with Gasteiger partial charge in [-0.25, -0.2) is 4.98 Å². The average Bonchev–Trinajstić information content (AvgIpc) is 3.06. The van der Waals surface area contributed by atoms with Gasteiger partial charge >= 0.3 is 0 Å². The molecule has 9 rings (SSSR count). The van der Waals surface area contributed by atoms with Gasteiger partial charge in [-0.2, -0.15) is 0 Å². The second-order valence-corrected chi connectivity index (χ2v) is 10.9. The molecule has 2 heterocycles. The lowest BCUT2D eigenvalue weighted by Crippen LogP contribution is -1.96. The normalized spacial score (nSPS) is 11.8. The van der Waals surface area contributed by atoms with Gasteiger partial charge < -0.3 is 0 Å². The van der Waals surface area contributed by atoms with E-state index in [1.54, 1.807) is 0 Å². The predicted octanol–water partition coefficient (Wildman–Crippen LogP) is 10.7. The van der Waals surface area contributed by atoms with Crippen LogP contribution < -0.4 is 0 Å². The van der Waals surface area contributed by atoms with Crippen LogP contribution in [0.5, 0.6) is 0 Å². The first-order valence-corrected chi connectivity index (χ1v) is 14.3. The van der Waals surface area contributed by atoms with Crippen LogP contribution in [0.2, 0.25) is 0 Å². The van der Waals surface area contributed by atoms with Crippen molar-refractivity contribution in [3.05, 3.63) is 146 Å². The minimum atomic E-state index is 1.01. The third kappa shape index (κ3) is 3.27. The van der Waals surface area contributed by atoms with Gasteiger partial charge in [0.2, 0.25) is 0 Å². The Balaban J connectivity index is 1.55. The van der Waals surface area contributed by atoms with Crippen molar-refractivity contribution in [2.75, 3.05) is 0 Å². The molecular weight excluding hydrogens is 508 g/mol. The highest BCUT2D eigenvalue weighted by molar-refractivity contribution is 6.30. The largest absolute Gasteiger partial charge is 0.265 e. The molecular formula is C40H24N2. The summed E-state index contributed by atoms with van der Waals surface area (Å²) in [4.78, 5) is 9.87. The zero-order valence-corrected chi connectivity index (χ0v) is 22.8. The topological polar surface area (TPSA) is 25.8 Å². The number of aromatic nitrogens is 2. The summed E-state index contributed by atoms with van der Waals surface area (Å²) in [5.41, 5.74) is 5.61. The van der Waals surface area contributed by atoms with Crippen molar-refractivity contribution in [1.82, 2.24) is 9.97 Å². The third-order valence-electron chi connectivity index (χ3n) is 8.71. The van der Waals surface area contributed by atoms with Gasteiger partial charge in [0.15, 0.2) is 0 Å². The van der Waals surface area contributed by atoms with Crippen molar-refractivity contribution in [3.8, 4) is 22.4 Å². The molecule has 2 heteroatoms. The number of benzene rings is 7. The zero-order chi connectivity index (χ0) is 27.6. The number of nitrogens with zero attached hydrogens (tertiary/aromatic N) is 2. The van der Waals surface area contributed by atoms with Crippen LogP contribution in [0, 0.1) is 0 Å². The van der Waals surface area contributed by atoms with Crippen LogP contribution in [0.4, 0.5) is 0 Å². The Morgan fingerprint density at radius 1 is 0.357 bits per heavy atom. The lowest BCUT2D eigenvalue weighted by atomic mass is 9.85. The summed E-state index contributed by atoms with van der Waals surface area (Å²) in [7, 11) is 0. The predicted molar refractivity (Wildman–Crippen MR) is 178 cm³/mol. The maximum Gasteiger partial charge on any atom is 0.0806 e. The Labute approximate surface area is 242 Å². The molecule has 0 bridgehead atoms. The van der Waals surface area contributed by atoms with Crippen LogP contribution in [0.3, 0.4) is 0 Å². The van der Waals surface area contributed by atoms with E-state index in [-0.39, 0.29) is 0 Å². The van der Waals surface area contributed by atoms with Crippen LogP contribution in [-0.2, 0) is 0 Å². The highest BCUT2D eigenvalue weighted by Crippen LogP contribution is 2.47. The van der Waals surface area contributed by atoms with Gasteiger partial charge in [-0.15, -0.1) is 0 Å². The molecule has 2 nitrogen and oxygen atoms in total. The number of pyridine rings is 2. The second-order valence-electron chi connectivity index (χ2n) is 10.9. The molecule has 42 heavy (non-hydrogen) atoms. The van der Waals surface area contributed by atoms with Gasteiger partial charge in [-0.1, -0.05) is 115 Å². The Morgan fingerprint density at radius 2 is 0.857 bits per heavy atom. The molecule has 0 atom stereocenters. The standard InChI is InChI=1S/C40H24N2/c1-3-11-28-26(10-1)18-20-35-37(28)34-19-17-25-9-2-4-12-29(25)38(34)40(42-35)39-32-15-7-5-13-30(32)36(27-21-23-41-24-22-27)31-14-6-8-16-33(31)39/h1-24H. The fourth-order valence-corrected chi connectivity index (χ4v) is 6.94. The van der Waals surface area contributed by atoms with E-state index < -0.39 is 0 Å².